The van der Waals surface area contributed by atoms with Gasteiger partial charge in [0.2, 0.25) is 0 Å². The van der Waals surface area contributed by atoms with Crippen molar-refractivity contribution >= 4 is 11.7 Å². The Hall–Kier alpha value is -2.34. The molecule has 0 amide bonds. The van der Waals surface area contributed by atoms with E-state index in [0.29, 0.717) is 31.2 Å². The van der Waals surface area contributed by atoms with Crippen LogP contribution in [0, 0.1) is 10.8 Å². The Morgan fingerprint density at radius 2 is 2.27 bits per heavy atom. The van der Waals surface area contributed by atoms with Crippen LogP contribution in [-0.2, 0) is 14.3 Å². The largest absolute Gasteiger partial charge is 0.464 e. The Morgan fingerprint density at radius 3 is 3.05 bits per heavy atom. The lowest BCUT2D eigenvalue weighted by Gasteiger charge is -2.38. The van der Waals surface area contributed by atoms with E-state index in [9.17, 15) is 4.79 Å². The zero-order valence-electron chi connectivity index (χ0n) is 12.2. The zero-order chi connectivity index (χ0) is 15.2. The van der Waals surface area contributed by atoms with E-state index < -0.39 is 5.41 Å². The van der Waals surface area contributed by atoms with Crippen molar-refractivity contribution in [3.05, 3.63) is 47.7 Å². The Balaban J connectivity index is 1.63. The number of allylic oxidation sites excluding steroid dienone is 4. The molecular formula is C16H15N3O3. The average Bonchev–Trinajstić information content (AvgIpc) is 2.95. The van der Waals surface area contributed by atoms with Crippen molar-refractivity contribution < 1.29 is 14.3 Å². The van der Waals surface area contributed by atoms with Crippen LogP contribution in [0.4, 0.5) is 0 Å². The molecule has 2 aliphatic heterocycles. The second kappa shape index (κ2) is 4.58. The summed E-state index contributed by atoms with van der Waals surface area (Å²) >= 11 is 0. The number of carbonyl (C=O) groups excluding carboxylic acids is 1. The summed E-state index contributed by atoms with van der Waals surface area (Å²) in [5, 5.41) is 11.6. The number of fused-ring (bicyclic) bond motifs is 2. The van der Waals surface area contributed by atoms with Crippen molar-refractivity contribution in [2.75, 3.05) is 19.8 Å². The molecule has 112 valence electrons. The highest BCUT2D eigenvalue weighted by Gasteiger charge is 2.45. The molecule has 1 fully saturated rings. The van der Waals surface area contributed by atoms with E-state index in [2.05, 4.69) is 15.4 Å². The molecule has 0 spiro atoms. The first-order chi connectivity index (χ1) is 10.6. The van der Waals surface area contributed by atoms with Gasteiger partial charge in [-0.3, -0.25) is 4.79 Å². The van der Waals surface area contributed by atoms with Gasteiger partial charge in [0.05, 0.1) is 13.2 Å². The molecule has 0 radical (unpaired) electrons. The van der Waals surface area contributed by atoms with Crippen LogP contribution in [0.5, 0.6) is 0 Å². The topological polar surface area (TPSA) is 72.6 Å². The minimum atomic E-state index is -0.937. The van der Waals surface area contributed by atoms with E-state index in [1.165, 1.54) is 0 Å². The molecule has 0 saturated carbocycles. The summed E-state index contributed by atoms with van der Waals surface area (Å²) in [6, 6.07) is 0. The number of esters is 1. The van der Waals surface area contributed by atoms with Crippen LogP contribution in [0.2, 0.25) is 0 Å². The van der Waals surface area contributed by atoms with Gasteiger partial charge in [-0.05, 0) is 22.9 Å². The van der Waals surface area contributed by atoms with Crippen molar-refractivity contribution in [1.82, 2.24) is 0 Å². The third-order valence-electron chi connectivity index (χ3n) is 4.24. The van der Waals surface area contributed by atoms with Crippen LogP contribution in [0.3, 0.4) is 0 Å². The maximum Gasteiger partial charge on any atom is 0.324 e. The van der Waals surface area contributed by atoms with Gasteiger partial charge < -0.3 is 9.47 Å². The maximum atomic E-state index is 12.8. The van der Waals surface area contributed by atoms with Crippen molar-refractivity contribution in [2.45, 2.75) is 6.92 Å². The molecule has 0 N–H and O–H groups in total. The minimum Gasteiger partial charge on any atom is -0.464 e. The molecule has 22 heavy (non-hydrogen) atoms. The van der Waals surface area contributed by atoms with E-state index in [1.807, 2.05) is 37.3 Å². The SMILES string of the molecule is CC1(COC(=O)C23C=CC=CC2=CC2=NN=NC2=C3)COC1. The van der Waals surface area contributed by atoms with Crippen molar-refractivity contribution in [1.29, 1.82) is 0 Å². The Bertz CT molecular complexity index is 723. The Kier molecular flexibility index (Phi) is 2.77. The predicted octanol–water partition coefficient (Wildman–Crippen LogP) is 2.32. The molecule has 4 aliphatic rings. The van der Waals surface area contributed by atoms with Crippen LogP contribution in [0.1, 0.15) is 6.92 Å². The number of hydrogen-bond acceptors (Lipinski definition) is 6. The summed E-state index contributed by atoms with van der Waals surface area (Å²) in [7, 11) is 0. The predicted molar refractivity (Wildman–Crippen MR) is 79.1 cm³/mol. The van der Waals surface area contributed by atoms with Crippen LogP contribution in [0.25, 0.3) is 0 Å². The van der Waals surface area contributed by atoms with Gasteiger partial charge >= 0.3 is 5.97 Å². The molecule has 1 atom stereocenters. The lowest BCUT2D eigenvalue weighted by molar-refractivity contribution is -0.169. The third kappa shape index (κ3) is 1.91. The Morgan fingerprint density at radius 1 is 1.41 bits per heavy atom. The second-order valence-corrected chi connectivity index (χ2v) is 6.27. The highest BCUT2D eigenvalue weighted by molar-refractivity contribution is 6.12. The smallest absolute Gasteiger partial charge is 0.324 e. The fourth-order valence-corrected chi connectivity index (χ4v) is 2.83. The highest BCUT2D eigenvalue weighted by Crippen LogP contribution is 2.42. The fourth-order valence-electron chi connectivity index (χ4n) is 2.83. The summed E-state index contributed by atoms with van der Waals surface area (Å²) in [5.74, 6) is -0.305. The van der Waals surface area contributed by atoms with Crippen LogP contribution >= 0.6 is 0 Å². The van der Waals surface area contributed by atoms with E-state index >= 15 is 0 Å². The molecule has 1 unspecified atom stereocenters. The van der Waals surface area contributed by atoms with Gasteiger partial charge in [0.15, 0.2) is 0 Å². The summed E-state index contributed by atoms with van der Waals surface area (Å²) < 4.78 is 10.8. The molecule has 6 nitrogen and oxygen atoms in total. The van der Waals surface area contributed by atoms with Crippen molar-refractivity contribution in [3.63, 3.8) is 0 Å². The monoisotopic (exact) mass is 297 g/mol. The molecule has 4 rings (SSSR count). The summed E-state index contributed by atoms with van der Waals surface area (Å²) in [4.78, 5) is 12.8. The normalized spacial score (nSPS) is 29.8. The van der Waals surface area contributed by atoms with E-state index in [0.717, 1.165) is 5.57 Å². The van der Waals surface area contributed by atoms with Crippen molar-refractivity contribution in [2.24, 2.45) is 26.3 Å². The van der Waals surface area contributed by atoms with Gasteiger partial charge in [0.25, 0.3) is 0 Å². The van der Waals surface area contributed by atoms with Crippen LogP contribution in [-0.4, -0.2) is 31.5 Å². The lowest BCUT2D eigenvalue weighted by atomic mass is 9.73. The Labute approximate surface area is 127 Å². The zero-order valence-corrected chi connectivity index (χ0v) is 12.2. The molecule has 0 aromatic rings. The number of carbonyl (C=O) groups is 1. The van der Waals surface area contributed by atoms with E-state index in [-0.39, 0.29) is 11.4 Å². The van der Waals surface area contributed by atoms with E-state index in [4.69, 9.17) is 9.47 Å². The first-order valence-electron chi connectivity index (χ1n) is 7.16. The molecule has 6 heteroatoms. The number of ether oxygens (including phenoxy) is 2. The van der Waals surface area contributed by atoms with Gasteiger partial charge in [-0.15, -0.1) is 10.2 Å². The molecular weight excluding hydrogens is 282 g/mol. The molecule has 0 aromatic heterocycles. The number of nitrogens with zero attached hydrogens (tertiary/aromatic N) is 3. The molecule has 0 aromatic carbocycles. The molecule has 2 heterocycles. The van der Waals surface area contributed by atoms with Crippen LogP contribution in [0.15, 0.2) is 63.2 Å². The molecule has 1 saturated heterocycles. The lowest BCUT2D eigenvalue weighted by Crippen LogP contribution is -2.45. The average molecular weight is 297 g/mol. The van der Waals surface area contributed by atoms with Gasteiger partial charge in [-0.25, -0.2) is 0 Å². The maximum absolute atomic E-state index is 12.8. The summed E-state index contributed by atoms with van der Waals surface area (Å²) in [6.07, 6.45) is 11.1. The molecule has 0 bridgehead atoms. The minimum absolute atomic E-state index is 0.0775. The van der Waals surface area contributed by atoms with Gasteiger partial charge in [-0.2, -0.15) is 0 Å². The summed E-state index contributed by atoms with van der Waals surface area (Å²) in [6.45, 7) is 3.64. The summed E-state index contributed by atoms with van der Waals surface area (Å²) in [5.41, 5.74) is 1.10. The highest BCUT2D eigenvalue weighted by atomic mass is 16.5. The van der Waals surface area contributed by atoms with E-state index in [1.54, 1.807) is 6.08 Å². The third-order valence-corrected chi connectivity index (χ3v) is 4.24. The molecule has 2 aliphatic carbocycles. The number of rotatable bonds is 3. The van der Waals surface area contributed by atoms with Gasteiger partial charge in [0, 0.05) is 5.41 Å². The second-order valence-electron chi connectivity index (χ2n) is 6.27. The van der Waals surface area contributed by atoms with Gasteiger partial charge in [0.1, 0.15) is 23.4 Å². The van der Waals surface area contributed by atoms with Gasteiger partial charge in [-0.1, -0.05) is 31.2 Å². The first kappa shape index (κ1) is 13.3. The standard InChI is InChI=1S/C16H15N3O3/c1-15(8-21-9-15)10-22-14(20)16-5-3-2-4-11(16)6-12-13(7-16)18-19-17-12/h2-7H,8-10H2,1H3. The van der Waals surface area contributed by atoms with Crippen LogP contribution < -0.4 is 0 Å². The first-order valence-corrected chi connectivity index (χ1v) is 7.16. The quantitative estimate of drug-likeness (QED) is 0.750. The number of hydrogen-bond donors (Lipinski definition) is 0. The van der Waals surface area contributed by atoms with Crippen molar-refractivity contribution in [3.8, 4) is 0 Å². The fraction of sp³-hybridized carbons (Fsp3) is 0.375.